The van der Waals surface area contributed by atoms with Crippen molar-refractivity contribution in [2.24, 2.45) is 5.92 Å². The zero-order chi connectivity index (χ0) is 10.8. The Kier molecular flexibility index (Phi) is 2.94. The maximum Gasteiger partial charge on any atom is 0.128 e. The highest BCUT2D eigenvalue weighted by molar-refractivity contribution is 5.41. The van der Waals surface area contributed by atoms with Crippen LogP contribution in [0.1, 0.15) is 44.1 Å². The average Bonchev–Trinajstić information content (AvgIpc) is 2.20. The summed E-state index contributed by atoms with van der Waals surface area (Å²) in [6.07, 6.45) is 4.84. The fraction of sp³-hybridized carbons (Fsp3) is 0.538. The number of hydrogen-bond acceptors (Lipinski definition) is 1. The number of nitrogen functional groups attached to an aromatic ring is 1. The van der Waals surface area contributed by atoms with Gasteiger partial charge in [-0.2, -0.15) is 0 Å². The lowest BCUT2D eigenvalue weighted by atomic mass is 9.76. The maximum absolute atomic E-state index is 13.7. The minimum Gasteiger partial charge on any atom is -0.399 e. The van der Waals surface area contributed by atoms with E-state index in [1.807, 2.05) is 6.07 Å². The topological polar surface area (TPSA) is 26.0 Å². The maximum atomic E-state index is 13.7. The molecule has 2 atom stereocenters. The first-order valence-electron chi connectivity index (χ1n) is 5.73. The van der Waals surface area contributed by atoms with Crippen LogP contribution >= 0.6 is 0 Å². The van der Waals surface area contributed by atoms with Crippen molar-refractivity contribution in [1.29, 1.82) is 0 Å². The predicted molar refractivity (Wildman–Crippen MR) is 61.2 cm³/mol. The van der Waals surface area contributed by atoms with Crippen molar-refractivity contribution in [3.63, 3.8) is 0 Å². The number of hydrogen-bond donors (Lipinski definition) is 1. The van der Waals surface area contributed by atoms with Crippen LogP contribution in [-0.2, 0) is 0 Å². The summed E-state index contributed by atoms with van der Waals surface area (Å²) in [5, 5.41) is 0. The van der Waals surface area contributed by atoms with Gasteiger partial charge in [0.15, 0.2) is 0 Å². The zero-order valence-corrected chi connectivity index (χ0v) is 9.17. The lowest BCUT2D eigenvalue weighted by Crippen LogP contribution is -2.16. The van der Waals surface area contributed by atoms with Crippen LogP contribution in [0, 0.1) is 11.7 Å². The zero-order valence-electron chi connectivity index (χ0n) is 9.17. The molecule has 0 saturated heterocycles. The van der Waals surface area contributed by atoms with Crippen LogP contribution in [0.4, 0.5) is 10.1 Å². The normalized spacial score (nSPS) is 26.5. The molecular weight excluding hydrogens is 189 g/mol. The number of anilines is 1. The molecule has 1 aliphatic rings. The van der Waals surface area contributed by atoms with Gasteiger partial charge in [0.2, 0.25) is 0 Å². The van der Waals surface area contributed by atoms with E-state index in [2.05, 4.69) is 6.92 Å². The van der Waals surface area contributed by atoms with Crippen molar-refractivity contribution < 1.29 is 4.39 Å². The molecule has 0 bridgehead atoms. The van der Waals surface area contributed by atoms with Gasteiger partial charge in [0.25, 0.3) is 0 Å². The number of nitrogens with two attached hydrogens (primary N) is 1. The van der Waals surface area contributed by atoms with Crippen molar-refractivity contribution in [3.05, 3.63) is 29.6 Å². The Bertz CT molecular complexity index is 348. The van der Waals surface area contributed by atoms with Gasteiger partial charge >= 0.3 is 0 Å². The Balaban J connectivity index is 2.27. The van der Waals surface area contributed by atoms with Crippen molar-refractivity contribution in [1.82, 2.24) is 0 Å². The van der Waals surface area contributed by atoms with E-state index in [-0.39, 0.29) is 5.82 Å². The summed E-state index contributed by atoms with van der Waals surface area (Å²) < 4.78 is 13.7. The molecule has 0 aliphatic heterocycles. The molecular formula is C13H18FN. The summed E-state index contributed by atoms with van der Waals surface area (Å²) in [5.41, 5.74) is 6.92. The van der Waals surface area contributed by atoms with Crippen LogP contribution in [0.5, 0.6) is 0 Å². The summed E-state index contributed by atoms with van der Waals surface area (Å²) in [7, 11) is 0. The third-order valence-corrected chi connectivity index (χ3v) is 3.54. The first-order chi connectivity index (χ1) is 7.18. The summed E-state index contributed by atoms with van der Waals surface area (Å²) in [4.78, 5) is 0. The van der Waals surface area contributed by atoms with Gasteiger partial charge in [0, 0.05) is 5.69 Å². The van der Waals surface area contributed by atoms with Crippen LogP contribution in [0.15, 0.2) is 18.2 Å². The molecule has 0 unspecified atom stereocenters. The molecule has 1 aromatic rings. The summed E-state index contributed by atoms with van der Waals surface area (Å²) >= 11 is 0. The highest BCUT2D eigenvalue weighted by Crippen LogP contribution is 2.38. The molecule has 1 aromatic carbocycles. The molecule has 0 aromatic heterocycles. The largest absolute Gasteiger partial charge is 0.399 e. The fourth-order valence-corrected chi connectivity index (χ4v) is 2.62. The summed E-state index contributed by atoms with van der Waals surface area (Å²) in [5.74, 6) is 0.852. The van der Waals surface area contributed by atoms with Crippen molar-refractivity contribution in [2.75, 3.05) is 5.73 Å². The van der Waals surface area contributed by atoms with Crippen LogP contribution < -0.4 is 5.73 Å². The van der Waals surface area contributed by atoms with E-state index in [1.54, 1.807) is 6.07 Å². The highest BCUT2D eigenvalue weighted by atomic mass is 19.1. The van der Waals surface area contributed by atoms with E-state index in [1.165, 1.54) is 25.3 Å². The lowest BCUT2D eigenvalue weighted by Gasteiger charge is -2.29. The molecule has 2 heteroatoms. The Morgan fingerprint density at radius 2 is 2.00 bits per heavy atom. The van der Waals surface area contributed by atoms with E-state index in [4.69, 9.17) is 5.73 Å². The molecule has 2 N–H and O–H groups in total. The summed E-state index contributed by atoms with van der Waals surface area (Å²) in [6, 6.07) is 5.10. The summed E-state index contributed by atoms with van der Waals surface area (Å²) in [6.45, 7) is 2.22. The van der Waals surface area contributed by atoms with Crippen LogP contribution in [0.3, 0.4) is 0 Å². The quantitative estimate of drug-likeness (QED) is 0.698. The van der Waals surface area contributed by atoms with Gasteiger partial charge in [-0.3, -0.25) is 0 Å². The van der Waals surface area contributed by atoms with Gasteiger partial charge in [-0.25, -0.2) is 4.39 Å². The molecule has 0 radical (unpaired) electrons. The van der Waals surface area contributed by atoms with E-state index in [9.17, 15) is 4.39 Å². The molecule has 82 valence electrons. The molecule has 15 heavy (non-hydrogen) atoms. The smallest absolute Gasteiger partial charge is 0.128 e. The Hall–Kier alpha value is -1.05. The number of halogens is 1. The number of benzene rings is 1. The van der Waals surface area contributed by atoms with Gasteiger partial charge in [0.05, 0.1) is 0 Å². The molecule has 1 aliphatic carbocycles. The Labute approximate surface area is 90.5 Å². The Morgan fingerprint density at radius 1 is 1.27 bits per heavy atom. The molecule has 1 saturated carbocycles. The van der Waals surface area contributed by atoms with Crippen LogP contribution in [0.2, 0.25) is 0 Å². The first kappa shape index (κ1) is 10.5. The van der Waals surface area contributed by atoms with Gasteiger partial charge in [-0.15, -0.1) is 0 Å². The van der Waals surface area contributed by atoms with Crippen molar-refractivity contribution in [2.45, 2.75) is 38.5 Å². The molecule has 0 amide bonds. The second-order valence-electron chi connectivity index (χ2n) is 4.65. The Morgan fingerprint density at radius 3 is 2.67 bits per heavy atom. The van der Waals surface area contributed by atoms with E-state index < -0.39 is 0 Å². The van der Waals surface area contributed by atoms with Gasteiger partial charge in [-0.1, -0.05) is 32.3 Å². The van der Waals surface area contributed by atoms with Gasteiger partial charge in [0.1, 0.15) is 5.82 Å². The predicted octanol–water partition coefficient (Wildman–Crippen LogP) is 3.70. The average molecular weight is 207 g/mol. The monoisotopic (exact) mass is 207 g/mol. The molecule has 0 heterocycles. The van der Waals surface area contributed by atoms with Crippen LogP contribution in [-0.4, -0.2) is 0 Å². The SMILES string of the molecule is C[C@H]1CCCC[C@H]1c1ccc(N)cc1F. The molecule has 2 rings (SSSR count). The van der Waals surface area contributed by atoms with Crippen LogP contribution in [0.25, 0.3) is 0 Å². The standard InChI is InChI=1S/C13H18FN/c1-9-4-2-3-5-11(9)12-7-6-10(15)8-13(12)14/h6-9,11H,2-5,15H2,1H3/t9-,11+/m0/s1. The highest BCUT2D eigenvalue weighted by Gasteiger charge is 2.24. The lowest BCUT2D eigenvalue weighted by molar-refractivity contribution is 0.323. The molecule has 0 spiro atoms. The van der Waals surface area contributed by atoms with Crippen molar-refractivity contribution in [3.8, 4) is 0 Å². The second-order valence-corrected chi connectivity index (χ2v) is 4.65. The van der Waals surface area contributed by atoms with Gasteiger partial charge < -0.3 is 5.73 Å². The van der Waals surface area contributed by atoms with Gasteiger partial charge in [-0.05, 0) is 36.0 Å². The molecule has 1 nitrogen and oxygen atoms in total. The number of rotatable bonds is 1. The van der Waals surface area contributed by atoms with Crippen molar-refractivity contribution >= 4 is 5.69 Å². The molecule has 1 fully saturated rings. The third-order valence-electron chi connectivity index (χ3n) is 3.54. The second kappa shape index (κ2) is 4.21. The first-order valence-corrected chi connectivity index (χ1v) is 5.73. The fourth-order valence-electron chi connectivity index (χ4n) is 2.62. The minimum absolute atomic E-state index is 0.131. The van der Waals surface area contributed by atoms with E-state index in [0.29, 0.717) is 17.5 Å². The van der Waals surface area contributed by atoms with E-state index in [0.717, 1.165) is 12.0 Å². The minimum atomic E-state index is -0.131. The van der Waals surface area contributed by atoms with E-state index >= 15 is 0 Å². The third kappa shape index (κ3) is 2.14.